The Hall–Kier alpha value is 0.415. The zero-order valence-corrected chi connectivity index (χ0v) is 5.46. The standard InChI is InChI=1S/C6H6.2Li/c1-2-4-6-5-3-1;;/h1-6H;;. The summed E-state index contributed by atoms with van der Waals surface area (Å²) in [5, 5.41) is 0. The van der Waals surface area contributed by atoms with Gasteiger partial charge in [0.2, 0.25) is 0 Å². The first-order valence-corrected chi connectivity index (χ1v) is 2.00. The molecule has 0 saturated carbocycles. The average Bonchev–Trinajstić information content (AvgIpc) is 1.72. The molecule has 0 aromatic heterocycles. The molecule has 2 radical (unpaired) electrons. The van der Waals surface area contributed by atoms with E-state index in [0.29, 0.717) is 0 Å². The minimum absolute atomic E-state index is 0. The minimum Gasteiger partial charge on any atom is -0.0623 e. The van der Waals surface area contributed by atoms with Gasteiger partial charge in [-0.25, -0.2) is 0 Å². The van der Waals surface area contributed by atoms with E-state index in [1.807, 2.05) is 36.4 Å². The van der Waals surface area contributed by atoms with Gasteiger partial charge in [0.05, 0.1) is 0 Å². The Bertz CT molecular complexity index is 78.5. The molecule has 0 aliphatic rings. The molecule has 0 unspecified atom stereocenters. The van der Waals surface area contributed by atoms with Crippen molar-refractivity contribution in [2.75, 3.05) is 0 Å². The maximum absolute atomic E-state index is 2.00. The fraction of sp³-hybridized carbons (Fsp3) is 0. The van der Waals surface area contributed by atoms with Crippen molar-refractivity contribution in [3.05, 3.63) is 36.4 Å². The zero-order chi connectivity index (χ0) is 4.24. The predicted octanol–water partition coefficient (Wildman–Crippen LogP) is 0.925. The van der Waals surface area contributed by atoms with E-state index in [0.717, 1.165) is 0 Å². The average molecular weight is 92.0 g/mol. The van der Waals surface area contributed by atoms with Crippen LogP contribution in [0.4, 0.5) is 0 Å². The third-order valence-corrected chi connectivity index (χ3v) is 0.667. The molecule has 2 heteroatoms. The van der Waals surface area contributed by atoms with Crippen LogP contribution in [0.1, 0.15) is 0 Å². The van der Waals surface area contributed by atoms with Crippen LogP contribution >= 0.6 is 0 Å². The van der Waals surface area contributed by atoms with Crippen molar-refractivity contribution in [2.24, 2.45) is 0 Å². The third kappa shape index (κ3) is 4.57. The first kappa shape index (κ1) is 11.2. The summed E-state index contributed by atoms with van der Waals surface area (Å²) in [6.45, 7) is 0. The SMILES string of the molecule is [Li].[Li].c1ccccc1. The molecule has 0 nitrogen and oxygen atoms in total. The van der Waals surface area contributed by atoms with Crippen LogP contribution in [-0.4, -0.2) is 37.7 Å². The largest absolute Gasteiger partial charge is 0.0623 e. The summed E-state index contributed by atoms with van der Waals surface area (Å²) in [5.41, 5.74) is 0. The smallest absolute Gasteiger partial charge is 0 e. The maximum Gasteiger partial charge on any atom is 0 e. The zero-order valence-electron chi connectivity index (χ0n) is 5.46. The van der Waals surface area contributed by atoms with Crippen LogP contribution in [0.2, 0.25) is 0 Å². The Morgan fingerprint density at radius 1 is 0.375 bits per heavy atom. The Labute approximate surface area is 74.0 Å². The van der Waals surface area contributed by atoms with E-state index in [4.69, 9.17) is 0 Å². The van der Waals surface area contributed by atoms with Crippen LogP contribution in [0, 0.1) is 0 Å². The summed E-state index contributed by atoms with van der Waals surface area (Å²) < 4.78 is 0. The molecule has 0 aliphatic heterocycles. The van der Waals surface area contributed by atoms with Crippen molar-refractivity contribution in [3.8, 4) is 0 Å². The van der Waals surface area contributed by atoms with E-state index in [1.165, 1.54) is 0 Å². The van der Waals surface area contributed by atoms with Gasteiger partial charge < -0.3 is 0 Å². The summed E-state index contributed by atoms with van der Waals surface area (Å²) in [6.07, 6.45) is 0. The Balaban J connectivity index is 0. The van der Waals surface area contributed by atoms with Crippen LogP contribution in [0.15, 0.2) is 36.4 Å². The summed E-state index contributed by atoms with van der Waals surface area (Å²) in [6, 6.07) is 12.0. The molecule has 32 valence electrons. The van der Waals surface area contributed by atoms with Crippen molar-refractivity contribution >= 4 is 37.7 Å². The molecule has 0 N–H and O–H groups in total. The first-order chi connectivity index (χ1) is 3.00. The van der Waals surface area contributed by atoms with Gasteiger partial charge in [0.1, 0.15) is 0 Å². The number of benzene rings is 1. The van der Waals surface area contributed by atoms with Gasteiger partial charge in [-0.3, -0.25) is 0 Å². The van der Waals surface area contributed by atoms with Gasteiger partial charge in [-0.05, 0) is 0 Å². The molecule has 0 saturated heterocycles. The van der Waals surface area contributed by atoms with Crippen LogP contribution in [0.25, 0.3) is 0 Å². The van der Waals surface area contributed by atoms with Crippen LogP contribution in [0.5, 0.6) is 0 Å². The van der Waals surface area contributed by atoms with Gasteiger partial charge in [0, 0.05) is 37.7 Å². The third-order valence-electron chi connectivity index (χ3n) is 0.667. The van der Waals surface area contributed by atoms with Crippen LogP contribution in [0.3, 0.4) is 0 Å². The molecule has 0 fully saturated rings. The normalized spacial score (nSPS) is 6.00. The molecule has 1 aromatic rings. The molecule has 8 heavy (non-hydrogen) atoms. The molecule has 0 atom stereocenters. The molecule has 0 heterocycles. The quantitative estimate of drug-likeness (QED) is 0.417. The second kappa shape index (κ2) is 7.41. The first-order valence-electron chi connectivity index (χ1n) is 2.00. The summed E-state index contributed by atoms with van der Waals surface area (Å²) in [5.74, 6) is 0. The maximum atomic E-state index is 2.00. The number of hydrogen-bond donors (Lipinski definition) is 0. The van der Waals surface area contributed by atoms with Gasteiger partial charge in [-0.1, -0.05) is 36.4 Å². The number of rotatable bonds is 0. The van der Waals surface area contributed by atoms with Crippen LogP contribution < -0.4 is 0 Å². The second-order valence-corrected chi connectivity index (χ2v) is 1.15. The van der Waals surface area contributed by atoms with E-state index >= 15 is 0 Å². The van der Waals surface area contributed by atoms with E-state index in [2.05, 4.69) is 0 Å². The van der Waals surface area contributed by atoms with E-state index in [-0.39, 0.29) is 37.7 Å². The molecule has 1 rings (SSSR count). The van der Waals surface area contributed by atoms with Gasteiger partial charge in [-0.2, -0.15) is 0 Å². The topological polar surface area (TPSA) is 0 Å². The van der Waals surface area contributed by atoms with Crippen molar-refractivity contribution in [1.29, 1.82) is 0 Å². The monoisotopic (exact) mass is 92.1 g/mol. The van der Waals surface area contributed by atoms with Crippen molar-refractivity contribution < 1.29 is 0 Å². The molecular weight excluding hydrogens is 85.9 g/mol. The van der Waals surface area contributed by atoms with E-state index < -0.39 is 0 Å². The molecule has 0 amide bonds. The molecule has 0 bridgehead atoms. The molecule has 0 aliphatic carbocycles. The fourth-order valence-electron chi connectivity index (χ4n) is 0.385. The number of hydrogen-bond acceptors (Lipinski definition) is 0. The van der Waals surface area contributed by atoms with Crippen molar-refractivity contribution in [2.45, 2.75) is 0 Å². The Morgan fingerprint density at radius 2 is 0.500 bits per heavy atom. The van der Waals surface area contributed by atoms with E-state index in [9.17, 15) is 0 Å². The summed E-state index contributed by atoms with van der Waals surface area (Å²) in [4.78, 5) is 0. The van der Waals surface area contributed by atoms with Crippen molar-refractivity contribution in [1.82, 2.24) is 0 Å². The van der Waals surface area contributed by atoms with Crippen LogP contribution in [-0.2, 0) is 0 Å². The fourth-order valence-corrected chi connectivity index (χ4v) is 0.385. The predicted molar refractivity (Wildman–Crippen MR) is 38.0 cm³/mol. The molecule has 1 aromatic carbocycles. The van der Waals surface area contributed by atoms with Gasteiger partial charge in [0.25, 0.3) is 0 Å². The van der Waals surface area contributed by atoms with E-state index in [1.54, 1.807) is 0 Å². The second-order valence-electron chi connectivity index (χ2n) is 1.15. The van der Waals surface area contributed by atoms with Gasteiger partial charge in [-0.15, -0.1) is 0 Å². The molecule has 0 spiro atoms. The summed E-state index contributed by atoms with van der Waals surface area (Å²) >= 11 is 0. The van der Waals surface area contributed by atoms with Gasteiger partial charge >= 0.3 is 0 Å². The van der Waals surface area contributed by atoms with Gasteiger partial charge in [0.15, 0.2) is 0 Å². The summed E-state index contributed by atoms with van der Waals surface area (Å²) in [7, 11) is 0. The minimum atomic E-state index is 0. The Kier molecular flexibility index (Phi) is 10.4. The Morgan fingerprint density at radius 3 is 0.625 bits per heavy atom. The van der Waals surface area contributed by atoms with Crippen molar-refractivity contribution in [3.63, 3.8) is 0 Å². The molecular formula is C6H6Li2.